The molecule has 7 nitrogen and oxygen atoms in total. The summed E-state index contributed by atoms with van der Waals surface area (Å²) in [6.07, 6.45) is 4.19. The summed E-state index contributed by atoms with van der Waals surface area (Å²) >= 11 is 1.45. The van der Waals surface area contributed by atoms with Crippen molar-refractivity contribution < 1.29 is 17.6 Å². The molecule has 1 fully saturated rings. The molecule has 9 heteroatoms. The number of aromatic nitrogens is 1. The number of hydrogen-bond donors (Lipinski definition) is 0. The fourth-order valence-electron chi connectivity index (χ4n) is 3.91. The first-order chi connectivity index (χ1) is 16.4. The van der Waals surface area contributed by atoms with Crippen molar-refractivity contribution in [2.24, 2.45) is 0 Å². The molecule has 0 N–H and O–H groups in total. The van der Waals surface area contributed by atoms with E-state index >= 15 is 0 Å². The number of carbonyl (C=O) groups excluding carboxylic acids is 1. The third-order valence-electron chi connectivity index (χ3n) is 6.08. The quantitative estimate of drug-likeness (QED) is 0.340. The van der Waals surface area contributed by atoms with E-state index in [-0.39, 0.29) is 23.4 Å². The molecule has 176 valence electrons. The number of rotatable bonds is 8. The summed E-state index contributed by atoms with van der Waals surface area (Å²) in [5, 5.41) is 0.572. The van der Waals surface area contributed by atoms with Crippen molar-refractivity contribution in [3.63, 3.8) is 0 Å². The van der Waals surface area contributed by atoms with Gasteiger partial charge in [0.1, 0.15) is 5.76 Å². The van der Waals surface area contributed by atoms with Crippen LogP contribution in [0.1, 0.15) is 41.4 Å². The number of benzene rings is 2. The smallest absolute Gasteiger partial charge is 0.260 e. The van der Waals surface area contributed by atoms with Gasteiger partial charge in [-0.15, -0.1) is 0 Å². The molecule has 1 aliphatic carbocycles. The molecule has 2 heterocycles. The fourth-order valence-corrected chi connectivity index (χ4v) is 6.33. The van der Waals surface area contributed by atoms with Gasteiger partial charge >= 0.3 is 0 Å². The van der Waals surface area contributed by atoms with Crippen LogP contribution in [0.2, 0.25) is 0 Å². The number of nitrogens with zero attached hydrogens (tertiary/aromatic N) is 3. The van der Waals surface area contributed by atoms with Crippen LogP contribution in [0.3, 0.4) is 0 Å². The van der Waals surface area contributed by atoms with Crippen LogP contribution in [0, 0.1) is 0 Å². The van der Waals surface area contributed by atoms with E-state index in [4.69, 9.17) is 9.40 Å². The van der Waals surface area contributed by atoms with E-state index in [0.29, 0.717) is 16.5 Å². The monoisotopic (exact) mass is 495 g/mol. The summed E-state index contributed by atoms with van der Waals surface area (Å²) in [4.78, 5) is 20.2. The van der Waals surface area contributed by atoms with Gasteiger partial charge in [-0.2, -0.15) is 4.31 Å². The maximum Gasteiger partial charge on any atom is 0.260 e. The number of fused-ring (bicyclic) bond motifs is 1. The Morgan fingerprint density at radius 3 is 2.53 bits per heavy atom. The highest BCUT2D eigenvalue weighted by Gasteiger charge is 2.35. The number of amides is 1. The number of furan rings is 1. The molecule has 1 saturated carbocycles. The maximum absolute atomic E-state index is 13.6. The van der Waals surface area contributed by atoms with Crippen molar-refractivity contribution in [3.05, 3.63) is 77.7 Å². The third kappa shape index (κ3) is 4.26. The molecule has 0 atom stereocenters. The first kappa shape index (κ1) is 22.8. The predicted octanol–water partition coefficient (Wildman–Crippen LogP) is 5.08. The zero-order valence-electron chi connectivity index (χ0n) is 19.0. The van der Waals surface area contributed by atoms with Gasteiger partial charge in [0.15, 0.2) is 5.13 Å². The lowest BCUT2D eigenvalue weighted by Crippen LogP contribution is -2.31. The molecule has 1 amide bonds. The highest BCUT2D eigenvalue weighted by atomic mass is 32.2. The van der Waals surface area contributed by atoms with Crippen molar-refractivity contribution in [3.8, 4) is 0 Å². The largest absolute Gasteiger partial charge is 0.467 e. The first-order valence-electron chi connectivity index (χ1n) is 11.2. The van der Waals surface area contributed by atoms with Gasteiger partial charge in [0.2, 0.25) is 10.0 Å². The Balaban J connectivity index is 1.49. The molecule has 2 aromatic carbocycles. The number of carbonyl (C=O) groups is 1. The van der Waals surface area contributed by atoms with Crippen LogP contribution in [-0.4, -0.2) is 36.7 Å². The van der Waals surface area contributed by atoms with Crippen LogP contribution in [0.4, 0.5) is 5.13 Å². The Hall–Kier alpha value is -3.01. The van der Waals surface area contributed by atoms with Crippen LogP contribution in [0.5, 0.6) is 0 Å². The molecule has 5 rings (SSSR count). The maximum atomic E-state index is 13.6. The van der Waals surface area contributed by atoms with E-state index in [0.717, 1.165) is 35.0 Å². The van der Waals surface area contributed by atoms with Crippen molar-refractivity contribution in [2.45, 2.75) is 43.7 Å². The van der Waals surface area contributed by atoms with E-state index in [1.807, 2.05) is 24.3 Å². The minimum atomic E-state index is -3.57. The molecule has 34 heavy (non-hydrogen) atoms. The lowest BCUT2D eigenvalue weighted by atomic mass is 10.1. The highest BCUT2D eigenvalue weighted by Crippen LogP contribution is 2.33. The molecule has 0 bridgehead atoms. The van der Waals surface area contributed by atoms with Crippen LogP contribution in [0.25, 0.3) is 10.2 Å². The molecule has 0 unspecified atom stereocenters. The lowest BCUT2D eigenvalue weighted by molar-refractivity contribution is 0.0983. The molecular formula is C25H25N3O4S2. The van der Waals surface area contributed by atoms with E-state index in [1.54, 1.807) is 36.4 Å². The third-order valence-corrected chi connectivity index (χ3v) is 9.05. The van der Waals surface area contributed by atoms with Gasteiger partial charge in [0, 0.05) is 18.7 Å². The van der Waals surface area contributed by atoms with E-state index in [9.17, 15) is 13.2 Å². The highest BCUT2D eigenvalue weighted by molar-refractivity contribution is 7.89. The SMILES string of the molecule is CCc1cccc2sc(N(Cc3ccco3)C(=O)c3ccc(S(=O)(=O)N(C)C4CC4)cc3)nc12. The summed E-state index contributed by atoms with van der Waals surface area (Å²) in [6, 6.07) is 15.8. The summed E-state index contributed by atoms with van der Waals surface area (Å²) in [5.74, 6) is 0.363. The van der Waals surface area contributed by atoms with Crippen molar-refractivity contribution in [1.29, 1.82) is 0 Å². The number of anilines is 1. The number of aryl methyl sites for hydroxylation is 1. The zero-order valence-corrected chi connectivity index (χ0v) is 20.6. The number of para-hydroxylation sites is 1. The first-order valence-corrected chi connectivity index (χ1v) is 13.4. The zero-order chi connectivity index (χ0) is 23.9. The van der Waals surface area contributed by atoms with Gasteiger partial charge in [-0.3, -0.25) is 9.69 Å². The summed E-state index contributed by atoms with van der Waals surface area (Å²) in [7, 11) is -1.97. The van der Waals surface area contributed by atoms with Gasteiger partial charge in [-0.25, -0.2) is 13.4 Å². The Kier molecular flexibility index (Phi) is 6.01. The molecule has 0 spiro atoms. The van der Waals surface area contributed by atoms with Crippen LogP contribution < -0.4 is 4.90 Å². The second-order valence-electron chi connectivity index (χ2n) is 8.36. The van der Waals surface area contributed by atoms with Crippen molar-refractivity contribution in [1.82, 2.24) is 9.29 Å². The van der Waals surface area contributed by atoms with Gasteiger partial charge < -0.3 is 4.42 Å². The predicted molar refractivity (Wildman–Crippen MR) is 133 cm³/mol. The topological polar surface area (TPSA) is 83.7 Å². The number of sulfonamides is 1. The summed E-state index contributed by atoms with van der Waals surface area (Å²) in [5.41, 5.74) is 2.40. The Morgan fingerprint density at radius 2 is 1.88 bits per heavy atom. The minimum absolute atomic E-state index is 0.0714. The lowest BCUT2D eigenvalue weighted by Gasteiger charge is -2.20. The molecular weight excluding hydrogens is 470 g/mol. The van der Waals surface area contributed by atoms with Gasteiger partial charge in [0.05, 0.1) is 27.9 Å². The second-order valence-corrected chi connectivity index (χ2v) is 11.4. The molecule has 0 radical (unpaired) electrons. The fraction of sp³-hybridized carbons (Fsp3) is 0.280. The molecule has 2 aromatic heterocycles. The second kappa shape index (κ2) is 8.98. The van der Waals surface area contributed by atoms with Crippen LogP contribution >= 0.6 is 11.3 Å². The Labute approximate surface area is 202 Å². The van der Waals surface area contributed by atoms with Crippen molar-refractivity contribution >= 4 is 42.6 Å². The Morgan fingerprint density at radius 1 is 1.12 bits per heavy atom. The molecule has 4 aromatic rings. The summed E-state index contributed by atoms with van der Waals surface area (Å²) < 4.78 is 33.6. The minimum Gasteiger partial charge on any atom is -0.467 e. The number of hydrogen-bond acceptors (Lipinski definition) is 6. The summed E-state index contributed by atoms with van der Waals surface area (Å²) in [6.45, 7) is 2.30. The van der Waals surface area contributed by atoms with E-state index in [2.05, 4.69) is 6.92 Å². The average Bonchev–Trinajstić information content (AvgIpc) is 3.39. The number of thiazole rings is 1. The molecule has 0 aliphatic heterocycles. The van der Waals surface area contributed by atoms with Gasteiger partial charge in [0.25, 0.3) is 5.91 Å². The molecule has 0 saturated heterocycles. The van der Waals surface area contributed by atoms with Crippen LogP contribution in [0.15, 0.2) is 70.2 Å². The van der Waals surface area contributed by atoms with E-state index < -0.39 is 10.0 Å². The van der Waals surface area contributed by atoms with Crippen LogP contribution in [-0.2, 0) is 23.0 Å². The standard InChI is InChI=1S/C25H25N3O4S2/c1-3-17-6-4-8-22-23(17)26-25(33-22)28(16-20-7-5-15-32-20)24(29)18-9-13-21(14-10-18)34(30,31)27(2)19-11-12-19/h4-10,13-15,19H,3,11-12,16H2,1-2H3. The van der Waals surface area contributed by atoms with Crippen molar-refractivity contribution in [2.75, 3.05) is 11.9 Å². The normalized spacial score (nSPS) is 14.1. The van der Waals surface area contributed by atoms with Gasteiger partial charge in [-0.05, 0) is 67.3 Å². The molecule has 1 aliphatic rings. The average molecular weight is 496 g/mol. The van der Waals surface area contributed by atoms with Gasteiger partial charge in [-0.1, -0.05) is 30.4 Å². The Bertz CT molecular complexity index is 1420. The van der Waals surface area contributed by atoms with E-state index in [1.165, 1.54) is 27.8 Å².